The lowest BCUT2D eigenvalue weighted by molar-refractivity contribution is 0.0471. The van der Waals surface area contributed by atoms with Gasteiger partial charge in [-0.3, -0.25) is 9.78 Å². The van der Waals surface area contributed by atoms with Gasteiger partial charge >= 0.3 is 6.09 Å². The highest BCUT2D eigenvalue weighted by molar-refractivity contribution is 5.98. The number of ether oxygens (including phenoxy) is 1. The number of hydrogen-bond donors (Lipinski definition) is 1. The molecule has 0 aliphatic heterocycles. The van der Waals surface area contributed by atoms with Gasteiger partial charge in [0.2, 0.25) is 11.6 Å². The Kier molecular flexibility index (Phi) is 5.51. The lowest BCUT2D eigenvalue weighted by Gasteiger charge is -2.24. The Morgan fingerprint density at radius 3 is 2.40 bits per heavy atom. The Labute approximate surface area is 146 Å². The number of hydrogen-bond acceptors (Lipinski definition) is 7. The quantitative estimate of drug-likeness (QED) is 0.829. The number of amides is 1. The summed E-state index contributed by atoms with van der Waals surface area (Å²) in [5, 5.41) is 6.38. The number of Topliss-reactive ketones (excluding diaryl/α,β-unsaturated/α-hetero) is 1. The van der Waals surface area contributed by atoms with Crippen molar-refractivity contribution in [2.45, 2.75) is 46.3 Å². The minimum Gasteiger partial charge on any atom is -0.444 e. The molecule has 0 bridgehead atoms. The summed E-state index contributed by atoms with van der Waals surface area (Å²) in [6.07, 6.45) is 2.51. The zero-order valence-electron chi connectivity index (χ0n) is 14.9. The van der Waals surface area contributed by atoms with E-state index in [1.807, 2.05) is 0 Å². The van der Waals surface area contributed by atoms with E-state index in [9.17, 15) is 9.59 Å². The molecule has 25 heavy (non-hydrogen) atoms. The Morgan fingerprint density at radius 2 is 1.84 bits per heavy atom. The number of nitrogens with one attached hydrogen (secondary N) is 1. The Balaban J connectivity index is 2.15. The SMILES string of the molecule is CC(C)C(NC(=O)OC(C)(C)C)C(=O)c1nc(-c2ccncc2)no1. The number of carbonyl (C=O) groups is 2. The standard InChI is InChI=1S/C17H22N4O4/c1-10(2)12(19-16(23)24-17(3,4)5)13(22)15-20-14(21-25-15)11-6-8-18-9-7-11/h6-10,12H,1-5H3,(H,19,23). The number of rotatable bonds is 5. The molecule has 0 saturated heterocycles. The first-order valence-corrected chi connectivity index (χ1v) is 7.95. The van der Waals surface area contributed by atoms with Crippen LogP contribution in [-0.2, 0) is 4.74 Å². The molecule has 134 valence electrons. The average Bonchev–Trinajstić information content (AvgIpc) is 3.01. The van der Waals surface area contributed by atoms with Gasteiger partial charge in [0.25, 0.3) is 5.89 Å². The lowest BCUT2D eigenvalue weighted by atomic mass is 10.00. The number of ketones is 1. The van der Waals surface area contributed by atoms with Gasteiger partial charge in [0, 0.05) is 18.0 Å². The van der Waals surface area contributed by atoms with E-state index in [0.717, 1.165) is 0 Å². The van der Waals surface area contributed by atoms with Gasteiger partial charge in [0.1, 0.15) is 11.6 Å². The van der Waals surface area contributed by atoms with E-state index in [1.54, 1.807) is 59.1 Å². The van der Waals surface area contributed by atoms with Crippen molar-refractivity contribution in [2.75, 3.05) is 0 Å². The topological polar surface area (TPSA) is 107 Å². The van der Waals surface area contributed by atoms with Crippen molar-refractivity contribution in [2.24, 2.45) is 5.92 Å². The third-order valence-corrected chi connectivity index (χ3v) is 3.20. The van der Waals surface area contributed by atoms with Crippen LogP contribution in [0.15, 0.2) is 29.0 Å². The van der Waals surface area contributed by atoms with Gasteiger partial charge in [0.05, 0.1) is 0 Å². The second-order valence-electron chi connectivity index (χ2n) is 6.89. The molecule has 2 aromatic heterocycles. The van der Waals surface area contributed by atoms with Crippen molar-refractivity contribution >= 4 is 11.9 Å². The number of aromatic nitrogens is 3. The van der Waals surface area contributed by atoms with Crippen molar-refractivity contribution < 1.29 is 18.8 Å². The minimum absolute atomic E-state index is 0.165. The Hall–Kier alpha value is -2.77. The zero-order chi connectivity index (χ0) is 18.6. The first-order valence-electron chi connectivity index (χ1n) is 7.95. The summed E-state index contributed by atoms with van der Waals surface area (Å²) in [7, 11) is 0. The molecule has 0 aliphatic carbocycles. The summed E-state index contributed by atoms with van der Waals surface area (Å²) in [6, 6.07) is 2.58. The highest BCUT2D eigenvalue weighted by Gasteiger charge is 2.31. The van der Waals surface area contributed by atoms with Crippen molar-refractivity contribution in [3.05, 3.63) is 30.4 Å². The van der Waals surface area contributed by atoms with E-state index < -0.39 is 23.5 Å². The maximum atomic E-state index is 12.7. The van der Waals surface area contributed by atoms with Gasteiger partial charge in [-0.2, -0.15) is 4.98 Å². The van der Waals surface area contributed by atoms with Gasteiger partial charge < -0.3 is 14.6 Å². The van der Waals surface area contributed by atoms with E-state index in [2.05, 4.69) is 20.4 Å². The van der Waals surface area contributed by atoms with Crippen LogP contribution in [0.25, 0.3) is 11.4 Å². The predicted octanol–water partition coefficient (Wildman–Crippen LogP) is 2.86. The fourth-order valence-corrected chi connectivity index (χ4v) is 2.04. The van der Waals surface area contributed by atoms with Crippen molar-refractivity contribution in [1.29, 1.82) is 0 Å². The minimum atomic E-state index is -0.833. The molecule has 1 N–H and O–H groups in total. The molecule has 0 aliphatic rings. The molecule has 1 unspecified atom stereocenters. The van der Waals surface area contributed by atoms with Gasteiger partial charge in [-0.15, -0.1) is 0 Å². The lowest BCUT2D eigenvalue weighted by Crippen LogP contribution is -2.46. The second kappa shape index (κ2) is 7.42. The van der Waals surface area contributed by atoms with Gasteiger partial charge in [-0.1, -0.05) is 19.0 Å². The molecule has 2 aromatic rings. The second-order valence-corrected chi connectivity index (χ2v) is 6.89. The maximum absolute atomic E-state index is 12.7. The highest BCUT2D eigenvalue weighted by Crippen LogP contribution is 2.17. The van der Waals surface area contributed by atoms with E-state index in [1.165, 1.54) is 0 Å². The van der Waals surface area contributed by atoms with Crippen LogP contribution in [0.5, 0.6) is 0 Å². The van der Waals surface area contributed by atoms with Crippen LogP contribution in [0.1, 0.15) is 45.3 Å². The van der Waals surface area contributed by atoms with Crippen LogP contribution in [0.2, 0.25) is 0 Å². The molecular formula is C17H22N4O4. The molecule has 0 fully saturated rings. The van der Waals surface area contributed by atoms with Crippen LogP contribution < -0.4 is 5.32 Å². The first-order chi connectivity index (χ1) is 11.7. The maximum Gasteiger partial charge on any atom is 0.408 e. The van der Waals surface area contributed by atoms with Crippen LogP contribution in [0.3, 0.4) is 0 Å². The molecule has 0 saturated carbocycles. The van der Waals surface area contributed by atoms with Crippen LogP contribution in [0, 0.1) is 5.92 Å². The number of carbonyl (C=O) groups excluding carboxylic acids is 2. The average molecular weight is 346 g/mol. The van der Waals surface area contributed by atoms with Crippen molar-refractivity contribution in [1.82, 2.24) is 20.4 Å². The summed E-state index contributed by atoms with van der Waals surface area (Å²) in [6.45, 7) is 8.85. The monoisotopic (exact) mass is 346 g/mol. The predicted molar refractivity (Wildman–Crippen MR) is 89.9 cm³/mol. The number of pyridine rings is 1. The van der Waals surface area contributed by atoms with Gasteiger partial charge in [-0.25, -0.2) is 4.79 Å². The summed E-state index contributed by atoms with van der Waals surface area (Å²) < 4.78 is 10.3. The summed E-state index contributed by atoms with van der Waals surface area (Å²) in [4.78, 5) is 32.7. The summed E-state index contributed by atoms with van der Waals surface area (Å²) in [5.41, 5.74) is 0.0206. The molecule has 1 atom stereocenters. The van der Waals surface area contributed by atoms with Crippen molar-refractivity contribution in [3.8, 4) is 11.4 Å². The van der Waals surface area contributed by atoms with Crippen LogP contribution in [0.4, 0.5) is 4.79 Å². The molecule has 0 spiro atoms. The van der Waals surface area contributed by atoms with E-state index in [4.69, 9.17) is 9.26 Å². The Bertz CT molecular complexity index is 735. The summed E-state index contributed by atoms with van der Waals surface area (Å²) in [5.74, 6) is -0.531. The first kappa shape index (κ1) is 18.6. The fraction of sp³-hybridized carbons (Fsp3) is 0.471. The highest BCUT2D eigenvalue weighted by atomic mass is 16.6. The summed E-state index contributed by atoms with van der Waals surface area (Å²) >= 11 is 0. The molecule has 2 heterocycles. The van der Waals surface area contributed by atoms with Crippen molar-refractivity contribution in [3.63, 3.8) is 0 Å². The molecular weight excluding hydrogens is 324 g/mol. The zero-order valence-corrected chi connectivity index (χ0v) is 14.9. The largest absolute Gasteiger partial charge is 0.444 e. The third kappa shape index (κ3) is 5.10. The van der Waals surface area contributed by atoms with E-state index in [-0.39, 0.29) is 17.6 Å². The molecule has 0 aromatic carbocycles. The van der Waals surface area contributed by atoms with E-state index in [0.29, 0.717) is 5.56 Å². The molecule has 8 heteroatoms. The smallest absolute Gasteiger partial charge is 0.408 e. The molecule has 8 nitrogen and oxygen atoms in total. The molecule has 2 rings (SSSR count). The van der Waals surface area contributed by atoms with Gasteiger partial charge in [-0.05, 0) is 38.8 Å². The third-order valence-electron chi connectivity index (χ3n) is 3.20. The van der Waals surface area contributed by atoms with Crippen LogP contribution in [-0.4, -0.2) is 38.6 Å². The molecule has 0 radical (unpaired) electrons. The molecule has 1 amide bonds. The fourth-order valence-electron chi connectivity index (χ4n) is 2.04. The van der Waals surface area contributed by atoms with Crippen LogP contribution >= 0.6 is 0 Å². The Morgan fingerprint density at radius 1 is 1.20 bits per heavy atom. The normalized spacial score (nSPS) is 12.7. The number of nitrogens with zero attached hydrogens (tertiary/aromatic N) is 3. The van der Waals surface area contributed by atoms with Gasteiger partial charge in [0.15, 0.2) is 0 Å². The number of alkyl carbamates (subject to hydrolysis) is 1. The van der Waals surface area contributed by atoms with E-state index >= 15 is 0 Å².